The zero-order chi connectivity index (χ0) is 15.5. The van der Waals surface area contributed by atoms with Crippen LogP contribution in [0.15, 0.2) is 24.3 Å². The second-order valence-electron chi connectivity index (χ2n) is 6.38. The number of hydrogen-bond donors (Lipinski definition) is 2. The highest BCUT2D eigenvalue weighted by atomic mass is 32.2. The molecule has 4 nitrogen and oxygen atoms in total. The van der Waals surface area contributed by atoms with Gasteiger partial charge in [-0.15, -0.1) is 0 Å². The Hall–Kier alpha value is -0.910. The van der Waals surface area contributed by atoms with Crippen LogP contribution in [0.4, 0.5) is 0 Å². The fourth-order valence-corrected chi connectivity index (χ4v) is 3.54. The minimum absolute atomic E-state index is 0.0421. The average Bonchev–Trinajstić information content (AvgIpc) is 3.21. The second kappa shape index (κ2) is 6.90. The molecule has 0 aromatic heterocycles. The maximum absolute atomic E-state index is 12.1. The molecule has 0 saturated heterocycles. The van der Waals surface area contributed by atoms with Crippen molar-refractivity contribution in [2.75, 3.05) is 0 Å². The van der Waals surface area contributed by atoms with Gasteiger partial charge in [-0.05, 0) is 36.8 Å². The van der Waals surface area contributed by atoms with Gasteiger partial charge >= 0.3 is 0 Å². The third-order valence-corrected chi connectivity index (χ3v) is 5.36. The van der Waals surface area contributed by atoms with Crippen LogP contribution in [-0.2, 0) is 22.3 Å². The molecule has 1 aromatic rings. The lowest BCUT2D eigenvalue weighted by molar-refractivity contribution is 0.476. The van der Waals surface area contributed by atoms with Crippen molar-refractivity contribution in [1.29, 1.82) is 0 Å². The van der Waals surface area contributed by atoms with Gasteiger partial charge in [0.2, 0.25) is 10.0 Å². The van der Waals surface area contributed by atoms with E-state index >= 15 is 0 Å². The van der Waals surface area contributed by atoms with Crippen molar-refractivity contribution in [2.24, 2.45) is 5.92 Å². The second-order valence-corrected chi connectivity index (χ2v) is 8.14. The predicted molar refractivity (Wildman–Crippen MR) is 86.4 cm³/mol. The van der Waals surface area contributed by atoms with E-state index in [2.05, 4.69) is 10.0 Å². The molecule has 1 aliphatic carbocycles. The Morgan fingerprint density at radius 1 is 1.10 bits per heavy atom. The van der Waals surface area contributed by atoms with Crippen LogP contribution in [0.3, 0.4) is 0 Å². The summed E-state index contributed by atoms with van der Waals surface area (Å²) in [4.78, 5) is 0. The fraction of sp³-hybridized carbons (Fsp3) is 0.625. The first-order valence-corrected chi connectivity index (χ1v) is 9.32. The van der Waals surface area contributed by atoms with Crippen molar-refractivity contribution in [3.8, 4) is 0 Å². The van der Waals surface area contributed by atoms with Crippen molar-refractivity contribution < 1.29 is 8.42 Å². The molecule has 1 fully saturated rings. The van der Waals surface area contributed by atoms with Crippen LogP contribution in [0.1, 0.15) is 44.7 Å². The number of nitrogens with one attached hydrogen (secondary N) is 2. The van der Waals surface area contributed by atoms with Gasteiger partial charge in [-0.2, -0.15) is 0 Å². The molecule has 2 N–H and O–H groups in total. The summed E-state index contributed by atoms with van der Waals surface area (Å²) in [5.41, 5.74) is 2.03. The molecular weight excluding hydrogens is 284 g/mol. The number of hydrogen-bond acceptors (Lipinski definition) is 3. The molecule has 0 amide bonds. The predicted octanol–water partition coefficient (Wildman–Crippen LogP) is 2.40. The van der Waals surface area contributed by atoms with E-state index in [1.165, 1.54) is 18.4 Å². The summed E-state index contributed by atoms with van der Waals surface area (Å²) in [6.45, 7) is 6.78. The highest BCUT2D eigenvalue weighted by Crippen LogP contribution is 2.19. The van der Waals surface area contributed by atoms with Gasteiger partial charge in [0, 0.05) is 18.6 Å². The molecule has 1 unspecified atom stereocenters. The zero-order valence-corrected chi connectivity index (χ0v) is 13.9. The highest BCUT2D eigenvalue weighted by molar-refractivity contribution is 7.88. The van der Waals surface area contributed by atoms with E-state index < -0.39 is 10.0 Å². The number of rotatable bonds is 8. The first-order valence-electron chi connectivity index (χ1n) is 7.67. The minimum atomic E-state index is -3.27. The first kappa shape index (κ1) is 16.5. The quantitative estimate of drug-likeness (QED) is 0.775. The van der Waals surface area contributed by atoms with Gasteiger partial charge in [0.15, 0.2) is 0 Å². The minimum Gasteiger partial charge on any atom is -0.310 e. The lowest BCUT2D eigenvalue weighted by Gasteiger charge is -2.17. The Morgan fingerprint density at radius 3 is 2.19 bits per heavy atom. The van der Waals surface area contributed by atoms with Gasteiger partial charge in [-0.3, -0.25) is 0 Å². The van der Waals surface area contributed by atoms with E-state index in [0.29, 0.717) is 6.04 Å². The summed E-state index contributed by atoms with van der Waals surface area (Å²) in [6, 6.07) is 8.47. The average molecular weight is 310 g/mol. The normalized spacial score (nSPS) is 17.1. The van der Waals surface area contributed by atoms with Crippen LogP contribution in [0.2, 0.25) is 0 Å². The lowest BCUT2D eigenvalue weighted by atomic mass is 10.1. The molecule has 1 aliphatic rings. The van der Waals surface area contributed by atoms with Crippen LogP contribution >= 0.6 is 0 Å². The molecule has 0 radical (unpaired) electrons. The third-order valence-electron chi connectivity index (χ3n) is 3.92. The Morgan fingerprint density at radius 2 is 1.67 bits per heavy atom. The van der Waals surface area contributed by atoms with Crippen LogP contribution in [0.25, 0.3) is 0 Å². The Kier molecular flexibility index (Phi) is 5.41. The van der Waals surface area contributed by atoms with Gasteiger partial charge in [0.1, 0.15) is 0 Å². The molecule has 5 heteroatoms. The maximum Gasteiger partial charge on any atom is 0.216 e. The summed E-state index contributed by atoms with van der Waals surface area (Å²) in [7, 11) is -3.27. The third kappa shape index (κ3) is 5.77. The van der Waals surface area contributed by atoms with Gasteiger partial charge < -0.3 is 5.32 Å². The standard InChI is InChI=1S/C16H26N2O2S/c1-12(2)13(3)18-21(19,20)11-15-6-4-14(5-7-15)10-17-16-8-9-16/h4-7,12-13,16-18H,8-11H2,1-3H3. The van der Waals surface area contributed by atoms with E-state index in [-0.39, 0.29) is 17.7 Å². The van der Waals surface area contributed by atoms with Gasteiger partial charge in [-0.25, -0.2) is 13.1 Å². The molecule has 0 aliphatic heterocycles. The molecule has 0 spiro atoms. The van der Waals surface area contributed by atoms with E-state index in [9.17, 15) is 8.42 Å². The molecule has 118 valence electrons. The Bertz CT molecular complexity index is 548. The van der Waals surface area contributed by atoms with Crippen LogP contribution in [-0.4, -0.2) is 20.5 Å². The molecular formula is C16H26N2O2S. The van der Waals surface area contributed by atoms with Crippen LogP contribution in [0.5, 0.6) is 0 Å². The largest absolute Gasteiger partial charge is 0.310 e. The summed E-state index contributed by atoms with van der Waals surface area (Å²) < 4.78 is 26.9. The van der Waals surface area contributed by atoms with Crippen molar-refractivity contribution in [3.05, 3.63) is 35.4 Å². The molecule has 0 bridgehead atoms. The van der Waals surface area contributed by atoms with Crippen LogP contribution in [0, 0.1) is 5.92 Å². The van der Waals surface area contributed by atoms with Crippen LogP contribution < -0.4 is 10.0 Å². The van der Waals surface area contributed by atoms with Crippen molar-refractivity contribution in [3.63, 3.8) is 0 Å². The maximum atomic E-state index is 12.1. The molecule has 1 aromatic carbocycles. The van der Waals surface area contributed by atoms with Crippen molar-refractivity contribution in [1.82, 2.24) is 10.0 Å². The first-order chi connectivity index (χ1) is 9.85. The van der Waals surface area contributed by atoms with Crippen molar-refractivity contribution in [2.45, 2.75) is 58.0 Å². The molecule has 1 saturated carbocycles. The van der Waals surface area contributed by atoms with Gasteiger partial charge in [-0.1, -0.05) is 38.1 Å². The van der Waals surface area contributed by atoms with Gasteiger partial charge in [0.25, 0.3) is 0 Å². The smallest absolute Gasteiger partial charge is 0.216 e. The zero-order valence-electron chi connectivity index (χ0n) is 13.1. The molecule has 0 heterocycles. The van der Waals surface area contributed by atoms with Crippen molar-refractivity contribution >= 4 is 10.0 Å². The summed E-state index contributed by atoms with van der Waals surface area (Å²) in [5.74, 6) is 0.330. The molecule has 1 atom stereocenters. The fourth-order valence-electron chi connectivity index (χ4n) is 1.98. The number of benzene rings is 1. The monoisotopic (exact) mass is 310 g/mol. The van der Waals surface area contributed by atoms with E-state index in [4.69, 9.17) is 0 Å². The topological polar surface area (TPSA) is 58.2 Å². The molecule has 2 rings (SSSR count). The number of sulfonamides is 1. The summed E-state index contributed by atoms with van der Waals surface area (Å²) >= 11 is 0. The van der Waals surface area contributed by atoms with E-state index in [1.54, 1.807) is 0 Å². The molecule has 21 heavy (non-hydrogen) atoms. The summed E-state index contributed by atoms with van der Waals surface area (Å²) in [6.07, 6.45) is 2.55. The Balaban J connectivity index is 1.89. The van der Waals surface area contributed by atoms with Gasteiger partial charge in [0.05, 0.1) is 5.75 Å². The lowest BCUT2D eigenvalue weighted by Crippen LogP contribution is -2.36. The van der Waals surface area contributed by atoms with E-state index in [1.807, 2.05) is 45.0 Å². The highest BCUT2D eigenvalue weighted by Gasteiger charge is 2.20. The Labute approximate surface area is 128 Å². The SMILES string of the molecule is CC(C)C(C)NS(=O)(=O)Cc1ccc(CNC2CC2)cc1. The van der Waals surface area contributed by atoms with E-state index in [0.717, 1.165) is 12.1 Å². The summed E-state index contributed by atoms with van der Waals surface area (Å²) in [5, 5.41) is 3.45.